The predicted molar refractivity (Wildman–Crippen MR) is 94.3 cm³/mol. The minimum atomic E-state index is -0.0237. The molecular weight excluding hydrogens is 302 g/mol. The quantitative estimate of drug-likeness (QED) is 0.694. The summed E-state index contributed by atoms with van der Waals surface area (Å²) >= 11 is 0. The summed E-state index contributed by atoms with van der Waals surface area (Å²) < 4.78 is 16.7. The zero-order valence-electron chi connectivity index (χ0n) is 14.2. The van der Waals surface area contributed by atoms with Crippen molar-refractivity contribution in [3.63, 3.8) is 0 Å². The van der Waals surface area contributed by atoms with Crippen molar-refractivity contribution in [3.8, 4) is 5.75 Å². The third-order valence-electron chi connectivity index (χ3n) is 4.66. The van der Waals surface area contributed by atoms with Gasteiger partial charge >= 0.3 is 0 Å². The second-order valence-corrected chi connectivity index (χ2v) is 6.35. The summed E-state index contributed by atoms with van der Waals surface area (Å²) in [5.74, 6) is 1.86. The fourth-order valence-electron chi connectivity index (χ4n) is 3.42. The topological polar surface area (TPSA) is 34.8 Å². The Morgan fingerprint density at radius 1 is 1.33 bits per heavy atom. The van der Waals surface area contributed by atoms with E-state index >= 15 is 0 Å². The second kappa shape index (κ2) is 7.69. The highest BCUT2D eigenvalue weighted by Gasteiger charge is 2.38. The molecule has 0 radical (unpaired) electrons. The van der Waals surface area contributed by atoms with E-state index in [-0.39, 0.29) is 5.41 Å². The van der Waals surface area contributed by atoms with Gasteiger partial charge in [0.25, 0.3) is 0 Å². The standard InChI is InChI=1S/C20H25NO3/c1-3-10-21(14-19-8-5-11-24-19)15-20(9-12-23-16-20)17-6-4-7-18(13-17)22-2/h3-8,11,13H,1,9-10,12,14-16H2,2H3. The highest BCUT2D eigenvalue weighted by atomic mass is 16.5. The first kappa shape index (κ1) is 16.8. The first-order chi connectivity index (χ1) is 11.8. The molecule has 1 fully saturated rings. The van der Waals surface area contributed by atoms with Gasteiger partial charge < -0.3 is 13.9 Å². The number of hydrogen-bond donors (Lipinski definition) is 0. The molecule has 2 aromatic rings. The molecule has 1 aliphatic rings. The van der Waals surface area contributed by atoms with Gasteiger partial charge in [0.2, 0.25) is 0 Å². The normalized spacial score (nSPS) is 20.4. The van der Waals surface area contributed by atoms with Gasteiger partial charge in [-0.15, -0.1) is 6.58 Å². The van der Waals surface area contributed by atoms with Crippen molar-refractivity contribution >= 4 is 0 Å². The Hall–Kier alpha value is -2.04. The predicted octanol–water partition coefficient (Wildman–Crippen LogP) is 3.63. The molecule has 3 rings (SSSR count). The lowest BCUT2D eigenvalue weighted by atomic mass is 9.79. The van der Waals surface area contributed by atoms with Gasteiger partial charge in [0.1, 0.15) is 11.5 Å². The van der Waals surface area contributed by atoms with Crippen molar-refractivity contribution in [2.24, 2.45) is 0 Å². The van der Waals surface area contributed by atoms with Crippen LogP contribution < -0.4 is 4.74 Å². The molecule has 4 nitrogen and oxygen atoms in total. The number of hydrogen-bond acceptors (Lipinski definition) is 4. The van der Waals surface area contributed by atoms with Crippen LogP contribution in [0.5, 0.6) is 5.75 Å². The van der Waals surface area contributed by atoms with Gasteiger partial charge in [0.05, 0.1) is 26.5 Å². The average Bonchev–Trinajstić information content (AvgIpc) is 3.28. The first-order valence-corrected chi connectivity index (χ1v) is 8.34. The molecule has 4 heteroatoms. The molecule has 1 atom stereocenters. The van der Waals surface area contributed by atoms with Crippen molar-refractivity contribution in [2.45, 2.75) is 18.4 Å². The van der Waals surface area contributed by atoms with Crippen LogP contribution in [0.15, 0.2) is 59.7 Å². The molecule has 0 amide bonds. The molecule has 24 heavy (non-hydrogen) atoms. The Kier molecular flexibility index (Phi) is 5.38. The van der Waals surface area contributed by atoms with Crippen molar-refractivity contribution in [1.82, 2.24) is 4.90 Å². The Labute approximate surface area is 143 Å². The molecule has 1 unspecified atom stereocenters. The number of ether oxygens (including phenoxy) is 2. The van der Waals surface area contributed by atoms with E-state index in [1.165, 1.54) is 5.56 Å². The smallest absolute Gasteiger partial charge is 0.119 e. The third kappa shape index (κ3) is 3.71. The van der Waals surface area contributed by atoms with Gasteiger partial charge in [-0.05, 0) is 36.2 Å². The van der Waals surface area contributed by atoms with E-state index in [4.69, 9.17) is 13.9 Å². The largest absolute Gasteiger partial charge is 0.497 e. The fourth-order valence-corrected chi connectivity index (χ4v) is 3.42. The Bertz CT molecular complexity index is 645. The van der Waals surface area contributed by atoms with Crippen LogP contribution in [0.2, 0.25) is 0 Å². The van der Waals surface area contributed by atoms with Crippen LogP contribution in [-0.4, -0.2) is 38.3 Å². The Balaban J connectivity index is 1.84. The SMILES string of the molecule is C=CCN(Cc1ccco1)CC1(c2cccc(OC)c2)CCOC1. The zero-order chi connectivity index (χ0) is 16.8. The van der Waals surface area contributed by atoms with E-state index in [9.17, 15) is 0 Å². The molecule has 1 aliphatic heterocycles. The number of benzene rings is 1. The van der Waals surface area contributed by atoms with Crippen LogP contribution in [0.1, 0.15) is 17.7 Å². The highest BCUT2D eigenvalue weighted by molar-refractivity contribution is 5.35. The van der Waals surface area contributed by atoms with Crippen LogP contribution in [0, 0.1) is 0 Å². The Morgan fingerprint density at radius 2 is 2.25 bits per heavy atom. The lowest BCUT2D eigenvalue weighted by Crippen LogP contribution is -2.41. The van der Waals surface area contributed by atoms with E-state index in [1.54, 1.807) is 13.4 Å². The first-order valence-electron chi connectivity index (χ1n) is 8.34. The molecule has 0 saturated carbocycles. The molecule has 0 spiro atoms. The van der Waals surface area contributed by atoms with Crippen LogP contribution >= 0.6 is 0 Å². The zero-order valence-corrected chi connectivity index (χ0v) is 14.2. The van der Waals surface area contributed by atoms with E-state index in [2.05, 4.69) is 29.7 Å². The molecule has 1 aromatic carbocycles. The van der Waals surface area contributed by atoms with Gasteiger partial charge in [-0.1, -0.05) is 18.2 Å². The summed E-state index contributed by atoms with van der Waals surface area (Å²) in [4.78, 5) is 2.36. The molecule has 128 valence electrons. The number of methoxy groups -OCH3 is 1. The van der Waals surface area contributed by atoms with Crippen molar-refractivity contribution in [1.29, 1.82) is 0 Å². The van der Waals surface area contributed by atoms with Crippen LogP contribution in [-0.2, 0) is 16.7 Å². The van der Waals surface area contributed by atoms with Crippen molar-refractivity contribution in [2.75, 3.05) is 33.4 Å². The van der Waals surface area contributed by atoms with E-state index in [0.29, 0.717) is 0 Å². The maximum atomic E-state index is 5.79. The summed E-state index contributed by atoms with van der Waals surface area (Å²) in [6, 6.07) is 12.3. The minimum Gasteiger partial charge on any atom is -0.497 e. The summed E-state index contributed by atoms with van der Waals surface area (Å²) in [5.41, 5.74) is 1.25. The summed E-state index contributed by atoms with van der Waals surface area (Å²) in [5, 5.41) is 0. The number of furan rings is 1. The lowest BCUT2D eigenvalue weighted by Gasteiger charge is -2.34. The third-order valence-corrected chi connectivity index (χ3v) is 4.66. The van der Waals surface area contributed by atoms with E-state index < -0.39 is 0 Å². The summed E-state index contributed by atoms with van der Waals surface area (Å²) in [7, 11) is 1.71. The number of nitrogens with zero attached hydrogens (tertiary/aromatic N) is 1. The van der Waals surface area contributed by atoms with Gasteiger partial charge in [0, 0.05) is 25.1 Å². The van der Waals surface area contributed by atoms with Crippen molar-refractivity contribution in [3.05, 3.63) is 66.6 Å². The molecule has 0 aliphatic carbocycles. The average molecular weight is 327 g/mol. The van der Waals surface area contributed by atoms with Crippen LogP contribution in [0.3, 0.4) is 0 Å². The van der Waals surface area contributed by atoms with Gasteiger partial charge in [-0.2, -0.15) is 0 Å². The highest BCUT2D eigenvalue weighted by Crippen LogP contribution is 2.36. The fraction of sp³-hybridized carbons (Fsp3) is 0.400. The van der Waals surface area contributed by atoms with Gasteiger partial charge in [-0.3, -0.25) is 4.90 Å². The summed E-state index contributed by atoms with van der Waals surface area (Å²) in [6.45, 7) is 7.90. The van der Waals surface area contributed by atoms with E-state index in [0.717, 1.165) is 50.8 Å². The monoisotopic (exact) mass is 327 g/mol. The maximum Gasteiger partial charge on any atom is 0.119 e. The molecule has 0 N–H and O–H groups in total. The maximum absolute atomic E-state index is 5.79. The van der Waals surface area contributed by atoms with Crippen LogP contribution in [0.25, 0.3) is 0 Å². The van der Waals surface area contributed by atoms with Gasteiger partial charge in [-0.25, -0.2) is 0 Å². The Morgan fingerprint density at radius 3 is 2.92 bits per heavy atom. The molecule has 2 heterocycles. The summed E-state index contributed by atoms with van der Waals surface area (Å²) in [6.07, 6.45) is 4.67. The second-order valence-electron chi connectivity index (χ2n) is 6.35. The molecule has 1 saturated heterocycles. The minimum absolute atomic E-state index is 0.0237. The van der Waals surface area contributed by atoms with Crippen LogP contribution in [0.4, 0.5) is 0 Å². The van der Waals surface area contributed by atoms with Gasteiger partial charge in [0.15, 0.2) is 0 Å². The molecule has 1 aromatic heterocycles. The van der Waals surface area contributed by atoms with E-state index in [1.807, 2.05) is 24.3 Å². The molecule has 0 bridgehead atoms. The number of rotatable bonds is 8. The van der Waals surface area contributed by atoms with Crippen molar-refractivity contribution < 1.29 is 13.9 Å². The molecular formula is C20H25NO3. The lowest BCUT2D eigenvalue weighted by molar-refractivity contribution is 0.149.